The van der Waals surface area contributed by atoms with Crippen LogP contribution < -0.4 is 33.9 Å². The van der Waals surface area contributed by atoms with Crippen LogP contribution >= 0.6 is 0 Å². The molecule has 4 nitrogen and oxygen atoms in total. The summed E-state index contributed by atoms with van der Waals surface area (Å²) in [4.78, 5) is 26.7. The average Bonchev–Trinajstić information content (AvgIpc) is 2.69. The topological polar surface area (TPSA) is 50.1 Å². The fraction of sp³-hybridized carbons (Fsp3) is 0.125. The third-order valence-electron chi connectivity index (χ3n) is 5.08. The van der Waals surface area contributed by atoms with E-state index in [1.54, 1.807) is 28.8 Å². The molecule has 146 valence electrons. The van der Waals surface area contributed by atoms with Gasteiger partial charge in [0, 0.05) is 28.9 Å². The SMILES string of the molecule is Cc1cc[n+](C2=C(Nc3c(C)cccc3C)C(=O)c3ccccc3C2=O)cc1.[I-]. The van der Waals surface area contributed by atoms with E-state index in [0.29, 0.717) is 22.5 Å². The molecule has 0 saturated heterocycles. The minimum absolute atomic E-state index is 0. The van der Waals surface area contributed by atoms with E-state index in [1.165, 1.54) is 0 Å². The van der Waals surface area contributed by atoms with E-state index < -0.39 is 0 Å². The van der Waals surface area contributed by atoms with E-state index in [2.05, 4.69) is 5.32 Å². The molecule has 0 saturated carbocycles. The van der Waals surface area contributed by atoms with Crippen molar-refractivity contribution in [1.82, 2.24) is 0 Å². The number of nitrogens with zero attached hydrogens (tertiary/aromatic N) is 1. The molecular formula is C24H21IN2O2. The van der Waals surface area contributed by atoms with E-state index in [4.69, 9.17) is 0 Å². The smallest absolute Gasteiger partial charge is 0.286 e. The summed E-state index contributed by atoms with van der Waals surface area (Å²) in [5, 5.41) is 3.29. The highest BCUT2D eigenvalue weighted by Crippen LogP contribution is 2.29. The van der Waals surface area contributed by atoms with Crippen LogP contribution in [0.5, 0.6) is 0 Å². The number of rotatable bonds is 3. The second-order valence-electron chi connectivity index (χ2n) is 7.10. The molecule has 1 aromatic heterocycles. The minimum Gasteiger partial charge on any atom is -1.00 e. The molecule has 0 atom stereocenters. The maximum atomic E-state index is 13.4. The van der Waals surface area contributed by atoms with Crippen LogP contribution in [-0.2, 0) is 0 Å². The average molecular weight is 496 g/mol. The maximum absolute atomic E-state index is 13.4. The largest absolute Gasteiger partial charge is 1.00 e. The monoisotopic (exact) mass is 496 g/mol. The van der Waals surface area contributed by atoms with Gasteiger partial charge in [0.15, 0.2) is 18.1 Å². The molecule has 29 heavy (non-hydrogen) atoms. The number of nitrogens with one attached hydrogen (secondary N) is 1. The van der Waals surface area contributed by atoms with Crippen molar-refractivity contribution in [2.24, 2.45) is 0 Å². The van der Waals surface area contributed by atoms with Crippen molar-refractivity contribution in [3.8, 4) is 0 Å². The van der Waals surface area contributed by atoms with Crippen LogP contribution in [0.25, 0.3) is 5.70 Å². The Bertz CT molecular complexity index is 1130. The molecule has 0 bridgehead atoms. The number of pyridine rings is 1. The molecule has 1 aliphatic carbocycles. The molecule has 0 spiro atoms. The number of benzene rings is 2. The number of aryl methyl sites for hydroxylation is 3. The summed E-state index contributed by atoms with van der Waals surface area (Å²) >= 11 is 0. The Morgan fingerprint density at radius 1 is 0.724 bits per heavy atom. The zero-order valence-electron chi connectivity index (χ0n) is 16.5. The molecule has 1 aliphatic rings. The minimum atomic E-state index is -0.180. The predicted molar refractivity (Wildman–Crippen MR) is 109 cm³/mol. The number of anilines is 1. The summed E-state index contributed by atoms with van der Waals surface area (Å²) in [5.41, 5.74) is 5.46. The molecule has 0 radical (unpaired) electrons. The molecule has 0 unspecified atom stereocenters. The van der Waals surface area contributed by atoms with Crippen LogP contribution in [0, 0.1) is 20.8 Å². The van der Waals surface area contributed by atoms with Gasteiger partial charge in [0.05, 0.1) is 0 Å². The first-order valence-electron chi connectivity index (χ1n) is 9.21. The third kappa shape index (κ3) is 3.74. The quantitative estimate of drug-likeness (QED) is 0.439. The van der Waals surface area contributed by atoms with Gasteiger partial charge in [0.25, 0.3) is 11.5 Å². The lowest BCUT2D eigenvalue weighted by Gasteiger charge is -2.20. The fourth-order valence-electron chi connectivity index (χ4n) is 3.51. The molecule has 0 aliphatic heterocycles. The first kappa shape index (κ1) is 20.9. The molecule has 5 heteroatoms. The van der Waals surface area contributed by atoms with Crippen molar-refractivity contribution in [2.75, 3.05) is 5.32 Å². The lowest BCUT2D eigenvalue weighted by atomic mass is 9.89. The van der Waals surface area contributed by atoms with Gasteiger partial charge in [0.1, 0.15) is 0 Å². The molecule has 3 aromatic rings. The molecule has 0 fully saturated rings. The van der Waals surface area contributed by atoms with Crippen LogP contribution in [0.1, 0.15) is 37.4 Å². The Labute approximate surface area is 187 Å². The van der Waals surface area contributed by atoms with Crippen molar-refractivity contribution < 1.29 is 38.1 Å². The Kier molecular flexibility index (Phi) is 5.98. The zero-order valence-corrected chi connectivity index (χ0v) is 18.7. The predicted octanol–water partition coefficient (Wildman–Crippen LogP) is 1.26. The van der Waals surface area contributed by atoms with Gasteiger partial charge in [-0.3, -0.25) is 9.59 Å². The number of allylic oxidation sites excluding steroid dienone is 2. The van der Waals surface area contributed by atoms with E-state index in [0.717, 1.165) is 22.4 Å². The number of fused-ring (bicyclic) bond motifs is 1. The van der Waals surface area contributed by atoms with Crippen molar-refractivity contribution in [3.05, 3.63) is 101 Å². The van der Waals surface area contributed by atoms with Gasteiger partial charge in [-0.2, -0.15) is 4.57 Å². The highest BCUT2D eigenvalue weighted by Gasteiger charge is 2.38. The van der Waals surface area contributed by atoms with Crippen LogP contribution in [-0.4, -0.2) is 11.6 Å². The van der Waals surface area contributed by atoms with Gasteiger partial charge < -0.3 is 29.3 Å². The van der Waals surface area contributed by atoms with Gasteiger partial charge >= 0.3 is 0 Å². The molecular weight excluding hydrogens is 475 g/mol. The second kappa shape index (κ2) is 8.29. The number of Topliss-reactive ketones (excluding diaryl/α,β-unsaturated/α-hetero) is 2. The molecule has 4 rings (SSSR count). The number of hydrogen-bond donors (Lipinski definition) is 1. The Balaban J connectivity index is 0.00000240. The summed E-state index contributed by atoms with van der Waals surface area (Å²) in [6.45, 7) is 5.95. The lowest BCUT2D eigenvalue weighted by Crippen LogP contribution is -3.00. The Hall–Kier alpha value is -2.80. The number of halogens is 1. The summed E-state index contributed by atoms with van der Waals surface area (Å²) in [7, 11) is 0. The molecule has 0 amide bonds. The number of ketones is 2. The van der Waals surface area contributed by atoms with E-state index in [1.807, 2.05) is 63.5 Å². The molecule has 1 heterocycles. The Morgan fingerprint density at radius 2 is 1.28 bits per heavy atom. The van der Waals surface area contributed by atoms with Crippen LogP contribution in [0.4, 0.5) is 5.69 Å². The summed E-state index contributed by atoms with van der Waals surface area (Å²) < 4.78 is 1.72. The van der Waals surface area contributed by atoms with Crippen LogP contribution in [0.15, 0.2) is 72.7 Å². The van der Waals surface area contributed by atoms with Crippen LogP contribution in [0.3, 0.4) is 0 Å². The van der Waals surface area contributed by atoms with Crippen LogP contribution in [0.2, 0.25) is 0 Å². The number of carbonyl (C=O) groups is 2. The zero-order chi connectivity index (χ0) is 19.8. The highest BCUT2D eigenvalue weighted by atomic mass is 127. The van der Waals surface area contributed by atoms with E-state index in [-0.39, 0.29) is 35.5 Å². The summed E-state index contributed by atoms with van der Waals surface area (Å²) in [6, 6.07) is 16.8. The highest BCUT2D eigenvalue weighted by molar-refractivity contribution is 6.36. The van der Waals surface area contributed by atoms with Gasteiger partial charge in [-0.15, -0.1) is 0 Å². The normalized spacial score (nSPS) is 13.1. The van der Waals surface area contributed by atoms with E-state index in [9.17, 15) is 9.59 Å². The molecule has 2 aromatic carbocycles. The number of carbonyl (C=O) groups excluding carboxylic acids is 2. The molecule has 1 N–H and O–H groups in total. The summed E-state index contributed by atoms with van der Waals surface area (Å²) in [6.07, 6.45) is 3.63. The van der Waals surface area contributed by atoms with Crippen molar-refractivity contribution in [2.45, 2.75) is 20.8 Å². The first-order chi connectivity index (χ1) is 13.5. The maximum Gasteiger partial charge on any atom is 0.286 e. The van der Waals surface area contributed by atoms with E-state index >= 15 is 0 Å². The summed E-state index contributed by atoms with van der Waals surface area (Å²) in [5.74, 6) is -0.348. The first-order valence-corrected chi connectivity index (χ1v) is 9.21. The number of hydrogen-bond acceptors (Lipinski definition) is 3. The van der Waals surface area contributed by atoms with Crippen molar-refractivity contribution in [3.63, 3.8) is 0 Å². The van der Waals surface area contributed by atoms with Crippen molar-refractivity contribution in [1.29, 1.82) is 0 Å². The van der Waals surface area contributed by atoms with Crippen molar-refractivity contribution >= 4 is 23.0 Å². The van der Waals surface area contributed by atoms with Gasteiger partial charge in [-0.05, 0) is 37.5 Å². The Morgan fingerprint density at radius 3 is 1.86 bits per heavy atom. The van der Waals surface area contributed by atoms with Gasteiger partial charge in [-0.25, -0.2) is 0 Å². The lowest BCUT2D eigenvalue weighted by molar-refractivity contribution is -0.577. The second-order valence-corrected chi connectivity index (χ2v) is 7.10. The third-order valence-corrected chi connectivity index (χ3v) is 5.08. The van der Waals surface area contributed by atoms with Gasteiger partial charge in [0.2, 0.25) is 5.78 Å². The standard InChI is InChI=1S/C24H20N2O2.HI/c1-15-11-13-26(14-12-15)22-21(25-20-16(2)7-6-8-17(20)3)23(27)18-9-4-5-10-19(18)24(22)28;/h4-14H,1-3H3;1H. The fourth-order valence-corrected chi connectivity index (χ4v) is 3.51. The van der Waals surface area contributed by atoms with Gasteiger partial charge in [-0.1, -0.05) is 42.5 Å². The number of aromatic nitrogens is 1. The number of para-hydroxylation sites is 1.